The maximum absolute atomic E-state index is 2.60. The molecule has 0 heterocycles. The van der Waals surface area contributed by atoms with E-state index in [1.54, 1.807) is 0 Å². The summed E-state index contributed by atoms with van der Waals surface area (Å²) in [6.07, 6.45) is 4.73. The second-order valence-electron chi connectivity index (χ2n) is 16.5. The lowest BCUT2D eigenvalue weighted by molar-refractivity contribution is 0.780. The van der Waals surface area contributed by atoms with E-state index in [-0.39, 0.29) is 0 Å². The lowest BCUT2D eigenvalue weighted by atomic mass is 9.56. The van der Waals surface area contributed by atoms with Crippen LogP contribution in [0.15, 0.2) is 182 Å². The number of aryl methyl sites for hydroxylation is 1. The first-order chi connectivity index (χ1) is 27.8. The molecule has 56 heavy (non-hydrogen) atoms. The normalized spacial score (nSPS) is 16.1. The molecule has 0 unspecified atom stereocenters. The molecule has 0 N–H and O–H groups in total. The average molecular weight is 707 g/mol. The molecule has 0 aliphatic heterocycles. The Hall–Kier alpha value is -6.76. The van der Waals surface area contributed by atoms with Gasteiger partial charge in [0.05, 0.1) is 10.8 Å². The molecular formula is C56H34. The van der Waals surface area contributed by atoms with Gasteiger partial charge in [-0.05, 0) is 135 Å². The van der Waals surface area contributed by atoms with E-state index in [0.717, 1.165) is 12.8 Å². The zero-order chi connectivity index (χ0) is 36.3. The van der Waals surface area contributed by atoms with Gasteiger partial charge in [-0.2, -0.15) is 0 Å². The topological polar surface area (TPSA) is 0 Å². The van der Waals surface area contributed by atoms with Crippen LogP contribution in [0.1, 0.15) is 56.5 Å². The van der Waals surface area contributed by atoms with Crippen molar-refractivity contribution in [1.29, 1.82) is 0 Å². The highest BCUT2D eigenvalue weighted by atomic mass is 14.6. The molecule has 9 aromatic carbocycles. The minimum Gasteiger partial charge on any atom is -0.0788 e. The first kappa shape index (κ1) is 29.6. The first-order valence-electron chi connectivity index (χ1n) is 20.2. The number of fused-ring (bicyclic) bond motifs is 21. The van der Waals surface area contributed by atoms with Crippen molar-refractivity contribution in [3.8, 4) is 44.5 Å². The Morgan fingerprint density at radius 3 is 1.43 bits per heavy atom. The second-order valence-corrected chi connectivity index (χ2v) is 16.5. The molecule has 0 radical (unpaired) electrons. The van der Waals surface area contributed by atoms with Gasteiger partial charge in [0.2, 0.25) is 0 Å². The number of hydrogen-bond acceptors (Lipinski definition) is 0. The van der Waals surface area contributed by atoms with E-state index in [0.29, 0.717) is 0 Å². The van der Waals surface area contributed by atoms with Gasteiger partial charge in [0, 0.05) is 0 Å². The zero-order valence-electron chi connectivity index (χ0n) is 30.7. The van der Waals surface area contributed by atoms with E-state index in [1.165, 1.54) is 122 Å². The van der Waals surface area contributed by atoms with E-state index in [9.17, 15) is 0 Å². The molecule has 14 rings (SSSR count). The number of allylic oxidation sites excluding steroid dienone is 2. The zero-order valence-corrected chi connectivity index (χ0v) is 30.7. The minimum atomic E-state index is -0.493. The summed E-state index contributed by atoms with van der Waals surface area (Å²) in [6.45, 7) is 0. The summed E-state index contributed by atoms with van der Waals surface area (Å²) >= 11 is 0. The monoisotopic (exact) mass is 706 g/mol. The molecule has 5 aliphatic carbocycles. The Bertz CT molecular complexity index is 3220. The van der Waals surface area contributed by atoms with Crippen LogP contribution in [0.25, 0.3) is 71.6 Å². The molecule has 0 saturated heterocycles. The van der Waals surface area contributed by atoms with Crippen molar-refractivity contribution in [3.05, 3.63) is 232 Å². The summed E-state index contributed by atoms with van der Waals surface area (Å²) in [5, 5.41) is 5.36. The van der Waals surface area contributed by atoms with Gasteiger partial charge in [0.25, 0.3) is 0 Å². The van der Waals surface area contributed by atoms with Crippen LogP contribution in [0.5, 0.6) is 0 Å². The third-order valence-corrected chi connectivity index (χ3v) is 14.3. The van der Waals surface area contributed by atoms with Crippen molar-refractivity contribution in [2.24, 2.45) is 0 Å². The predicted molar refractivity (Wildman–Crippen MR) is 231 cm³/mol. The van der Waals surface area contributed by atoms with Crippen LogP contribution >= 0.6 is 0 Å². The van der Waals surface area contributed by atoms with E-state index in [1.807, 2.05) is 0 Å². The Kier molecular flexibility index (Phi) is 5.34. The summed E-state index contributed by atoms with van der Waals surface area (Å²) in [7, 11) is 0. The Morgan fingerprint density at radius 1 is 0.339 bits per heavy atom. The lowest BCUT2D eigenvalue weighted by Crippen LogP contribution is -2.35. The summed E-state index contributed by atoms with van der Waals surface area (Å²) in [4.78, 5) is 0. The molecule has 9 aromatic rings. The predicted octanol–water partition coefficient (Wildman–Crippen LogP) is 13.7. The minimum absolute atomic E-state index is 0.453. The molecule has 258 valence electrons. The van der Waals surface area contributed by atoms with Gasteiger partial charge >= 0.3 is 0 Å². The fourth-order valence-electron chi connectivity index (χ4n) is 12.6. The van der Waals surface area contributed by atoms with Gasteiger partial charge in [0.15, 0.2) is 0 Å². The third-order valence-electron chi connectivity index (χ3n) is 14.3. The molecule has 0 amide bonds. The van der Waals surface area contributed by atoms with Crippen LogP contribution in [0.2, 0.25) is 0 Å². The standard InChI is InChI=1S/C56H34/c1-5-23-45-35(17-1)36-18-2-6-24-46(36)55(45)49-27-11-15-33-13-9-21-39(51(33)49)41-29-32-44-43(53(41)55)31-30-42-40-22-10-14-34-16-12-28-50(52(34)40)56(54(42)44)47-25-7-3-19-37(47)38-20-4-8-26-48(38)56/h1-11,13-15,17-32H,12,16H2. The molecule has 0 saturated carbocycles. The van der Waals surface area contributed by atoms with Crippen molar-refractivity contribution >= 4 is 27.1 Å². The lowest BCUT2D eigenvalue weighted by Gasteiger charge is -2.45. The van der Waals surface area contributed by atoms with Crippen molar-refractivity contribution in [1.82, 2.24) is 0 Å². The number of rotatable bonds is 0. The van der Waals surface area contributed by atoms with E-state index in [2.05, 4.69) is 182 Å². The van der Waals surface area contributed by atoms with Crippen LogP contribution in [-0.2, 0) is 17.3 Å². The highest BCUT2D eigenvalue weighted by molar-refractivity contribution is 6.15. The van der Waals surface area contributed by atoms with E-state index < -0.39 is 10.8 Å². The molecule has 2 spiro atoms. The fraction of sp³-hybridized carbons (Fsp3) is 0.0714. The summed E-state index contributed by atoms with van der Waals surface area (Å²) in [5.74, 6) is 0. The van der Waals surface area contributed by atoms with Crippen LogP contribution < -0.4 is 0 Å². The number of benzene rings is 9. The van der Waals surface area contributed by atoms with E-state index >= 15 is 0 Å². The summed E-state index contributed by atoms with van der Waals surface area (Å²) in [5.41, 5.74) is 24.0. The van der Waals surface area contributed by atoms with Crippen LogP contribution in [0.3, 0.4) is 0 Å². The quantitative estimate of drug-likeness (QED) is 0.147. The summed E-state index contributed by atoms with van der Waals surface area (Å²) in [6, 6.07) is 68.1. The van der Waals surface area contributed by atoms with Crippen molar-refractivity contribution < 1.29 is 0 Å². The Balaban J connectivity index is 1.23. The SMILES string of the molecule is C1=C2c3c(cccc3-c3ccc4c5c(ccc4c3C23c2ccccc2-c2ccccc23)-c2cccc3cccc(c23)C52c3ccccc3-c3ccccc32)CC1. The molecule has 0 atom stereocenters. The molecule has 0 aromatic heterocycles. The van der Waals surface area contributed by atoms with E-state index in [4.69, 9.17) is 0 Å². The molecular weight excluding hydrogens is 673 g/mol. The van der Waals surface area contributed by atoms with Gasteiger partial charge < -0.3 is 0 Å². The van der Waals surface area contributed by atoms with Gasteiger partial charge in [-0.15, -0.1) is 0 Å². The maximum atomic E-state index is 2.60. The van der Waals surface area contributed by atoms with Gasteiger partial charge in [-0.3, -0.25) is 0 Å². The molecule has 0 fully saturated rings. The Morgan fingerprint density at radius 2 is 0.804 bits per heavy atom. The van der Waals surface area contributed by atoms with Crippen molar-refractivity contribution in [3.63, 3.8) is 0 Å². The Labute approximate surface area is 326 Å². The van der Waals surface area contributed by atoms with Crippen LogP contribution in [0, 0.1) is 0 Å². The highest BCUT2D eigenvalue weighted by Gasteiger charge is 2.55. The molecule has 0 bridgehead atoms. The molecule has 0 nitrogen and oxygen atoms in total. The highest BCUT2D eigenvalue weighted by Crippen LogP contribution is 2.68. The first-order valence-corrected chi connectivity index (χ1v) is 20.2. The smallest absolute Gasteiger partial charge is 0.0731 e. The largest absolute Gasteiger partial charge is 0.0788 e. The maximum Gasteiger partial charge on any atom is 0.0731 e. The fourth-order valence-corrected chi connectivity index (χ4v) is 12.6. The van der Waals surface area contributed by atoms with Gasteiger partial charge in [-0.25, -0.2) is 0 Å². The van der Waals surface area contributed by atoms with Gasteiger partial charge in [0.1, 0.15) is 0 Å². The average Bonchev–Trinajstić information content (AvgIpc) is 3.72. The third kappa shape index (κ3) is 3.14. The second kappa shape index (κ2) is 10.1. The van der Waals surface area contributed by atoms with Crippen molar-refractivity contribution in [2.45, 2.75) is 23.7 Å². The van der Waals surface area contributed by atoms with Crippen LogP contribution in [-0.4, -0.2) is 0 Å². The van der Waals surface area contributed by atoms with Gasteiger partial charge in [-0.1, -0.05) is 182 Å². The summed E-state index contributed by atoms with van der Waals surface area (Å²) < 4.78 is 0. The van der Waals surface area contributed by atoms with Crippen molar-refractivity contribution in [2.75, 3.05) is 0 Å². The van der Waals surface area contributed by atoms with Crippen LogP contribution in [0.4, 0.5) is 0 Å². The molecule has 0 heteroatoms. The molecule has 5 aliphatic rings. The number of hydrogen-bond donors (Lipinski definition) is 0.